The number of benzene rings is 2. The molecule has 0 heterocycles. The molecule has 2 saturated carbocycles. The van der Waals surface area contributed by atoms with Gasteiger partial charge in [0.15, 0.2) is 0 Å². The summed E-state index contributed by atoms with van der Waals surface area (Å²) in [6, 6.07) is 10.5. The summed E-state index contributed by atoms with van der Waals surface area (Å²) < 4.78 is 14.8. The zero-order chi connectivity index (χ0) is 18.1. The van der Waals surface area contributed by atoms with Crippen LogP contribution in [0.1, 0.15) is 68.9 Å². The van der Waals surface area contributed by atoms with Crippen molar-refractivity contribution in [3.05, 3.63) is 59.9 Å². The average molecular weight is 351 g/mol. The van der Waals surface area contributed by atoms with Crippen LogP contribution in [-0.2, 0) is 6.42 Å². The summed E-state index contributed by atoms with van der Waals surface area (Å²) in [5, 5.41) is 1.83. The summed E-state index contributed by atoms with van der Waals surface area (Å²) in [5.41, 5.74) is 2.23. The van der Waals surface area contributed by atoms with Crippen molar-refractivity contribution in [1.29, 1.82) is 0 Å². The maximum Gasteiger partial charge on any atom is 0.134 e. The largest absolute Gasteiger partial charge is 0.206 e. The first-order valence-electron chi connectivity index (χ1n) is 10.5. The fourth-order valence-electron chi connectivity index (χ4n) is 5.49. The second-order valence-electron chi connectivity index (χ2n) is 8.79. The molecule has 0 saturated heterocycles. The van der Waals surface area contributed by atoms with Crippen molar-refractivity contribution < 1.29 is 4.39 Å². The minimum absolute atomic E-state index is 0.0409. The van der Waals surface area contributed by atoms with E-state index in [1.165, 1.54) is 44.1 Å². The smallest absolute Gasteiger partial charge is 0.134 e. The second-order valence-corrected chi connectivity index (χ2v) is 8.79. The van der Waals surface area contributed by atoms with E-state index in [0.29, 0.717) is 5.92 Å². The molecule has 0 radical (unpaired) electrons. The van der Waals surface area contributed by atoms with Gasteiger partial charge in [0.2, 0.25) is 0 Å². The quantitative estimate of drug-likeness (QED) is 0.503. The number of halogens is 1. The lowest BCUT2D eigenvalue weighted by Crippen LogP contribution is -2.29. The first-order valence-corrected chi connectivity index (χ1v) is 10.5. The Labute approximate surface area is 157 Å². The van der Waals surface area contributed by atoms with Crippen LogP contribution < -0.4 is 0 Å². The fraction of sp³-hybridized carbons (Fsp3) is 0.520. The van der Waals surface area contributed by atoms with Gasteiger partial charge in [-0.25, -0.2) is 4.39 Å². The molecule has 0 aliphatic heterocycles. The van der Waals surface area contributed by atoms with Gasteiger partial charge < -0.3 is 0 Å². The number of hydrogen-bond donors (Lipinski definition) is 0. The predicted molar refractivity (Wildman–Crippen MR) is 109 cm³/mol. The minimum atomic E-state index is -0.0409. The molecule has 2 unspecified atom stereocenters. The molecule has 4 rings (SSSR count). The lowest BCUT2D eigenvalue weighted by atomic mass is 9.64. The molecule has 2 aliphatic rings. The molecule has 0 bridgehead atoms. The van der Waals surface area contributed by atoms with Crippen LogP contribution in [0.3, 0.4) is 0 Å². The molecule has 0 spiro atoms. The van der Waals surface area contributed by atoms with E-state index in [0.717, 1.165) is 46.9 Å². The minimum Gasteiger partial charge on any atom is -0.206 e. The molecule has 2 fully saturated rings. The molecule has 4 atom stereocenters. The summed E-state index contributed by atoms with van der Waals surface area (Å²) in [5.74, 6) is 3.42. The Balaban J connectivity index is 1.55. The summed E-state index contributed by atoms with van der Waals surface area (Å²) in [6.07, 6.45) is 11.7. The zero-order valence-electron chi connectivity index (χ0n) is 16.0. The van der Waals surface area contributed by atoms with Crippen LogP contribution in [0.25, 0.3) is 10.8 Å². The van der Waals surface area contributed by atoms with Crippen molar-refractivity contribution in [3.63, 3.8) is 0 Å². The van der Waals surface area contributed by atoms with Crippen LogP contribution >= 0.6 is 0 Å². The van der Waals surface area contributed by atoms with Crippen LogP contribution in [0.2, 0.25) is 0 Å². The standard InChI is InChI=1S/C25H31F/c1-3-4-5-18-8-11-23-16-22(12-13-24(23)25(18)26)21-10-9-19-14-17(2)6-7-20(19)15-21/h3,8,11-13,16-17,19-21H,1,4-7,9-10,14-15H2,2H3/t17?,19-,20?,21-/m1/s1. The number of hydrogen-bond acceptors (Lipinski definition) is 0. The van der Waals surface area contributed by atoms with Crippen molar-refractivity contribution in [1.82, 2.24) is 0 Å². The van der Waals surface area contributed by atoms with E-state index in [-0.39, 0.29) is 5.82 Å². The second kappa shape index (κ2) is 7.55. The van der Waals surface area contributed by atoms with Gasteiger partial charge in [-0.1, -0.05) is 49.8 Å². The highest BCUT2D eigenvalue weighted by Gasteiger charge is 2.34. The molecule has 0 nitrogen and oxygen atoms in total. The summed E-state index contributed by atoms with van der Waals surface area (Å²) in [4.78, 5) is 0. The SMILES string of the molecule is C=CCCc1ccc2cc([C@@H]3CC[C@@H]4CC(C)CCC4C3)ccc2c1F. The molecule has 2 aliphatic carbocycles. The summed E-state index contributed by atoms with van der Waals surface area (Å²) in [7, 11) is 0. The van der Waals surface area contributed by atoms with Gasteiger partial charge in [-0.15, -0.1) is 6.58 Å². The van der Waals surface area contributed by atoms with E-state index in [2.05, 4.69) is 31.7 Å². The monoisotopic (exact) mass is 350 g/mol. The first-order chi connectivity index (χ1) is 12.7. The van der Waals surface area contributed by atoms with E-state index in [4.69, 9.17) is 0 Å². The van der Waals surface area contributed by atoms with Crippen molar-refractivity contribution in [2.75, 3.05) is 0 Å². The average Bonchev–Trinajstić information content (AvgIpc) is 2.67. The Morgan fingerprint density at radius 1 is 1.04 bits per heavy atom. The lowest BCUT2D eigenvalue weighted by molar-refractivity contribution is 0.124. The fourth-order valence-corrected chi connectivity index (χ4v) is 5.49. The Morgan fingerprint density at radius 3 is 2.69 bits per heavy atom. The maximum atomic E-state index is 14.8. The predicted octanol–water partition coefficient (Wildman–Crippen LogP) is 7.42. The van der Waals surface area contributed by atoms with Crippen molar-refractivity contribution in [2.45, 2.75) is 64.2 Å². The molecule has 26 heavy (non-hydrogen) atoms. The highest BCUT2D eigenvalue weighted by molar-refractivity contribution is 5.84. The van der Waals surface area contributed by atoms with Gasteiger partial charge in [-0.3, -0.25) is 0 Å². The topological polar surface area (TPSA) is 0 Å². The van der Waals surface area contributed by atoms with Gasteiger partial charge in [0.05, 0.1) is 0 Å². The number of allylic oxidation sites excluding steroid dienone is 1. The zero-order valence-corrected chi connectivity index (χ0v) is 16.0. The number of fused-ring (bicyclic) bond motifs is 2. The van der Waals surface area contributed by atoms with Crippen molar-refractivity contribution in [3.8, 4) is 0 Å². The van der Waals surface area contributed by atoms with Crippen LogP contribution in [-0.4, -0.2) is 0 Å². The summed E-state index contributed by atoms with van der Waals surface area (Å²) in [6.45, 7) is 6.16. The Kier molecular flexibility index (Phi) is 5.16. The highest BCUT2D eigenvalue weighted by atomic mass is 19.1. The van der Waals surface area contributed by atoms with Gasteiger partial charge in [-0.05, 0) is 85.1 Å². The molecule has 138 valence electrons. The lowest BCUT2D eigenvalue weighted by Gasteiger charge is -2.41. The van der Waals surface area contributed by atoms with Crippen LogP contribution in [0.5, 0.6) is 0 Å². The van der Waals surface area contributed by atoms with Gasteiger partial charge >= 0.3 is 0 Å². The molecule has 0 aromatic heterocycles. The van der Waals surface area contributed by atoms with E-state index in [1.807, 2.05) is 18.2 Å². The third-order valence-electron chi connectivity index (χ3n) is 7.02. The molecule has 2 aromatic rings. The molecule has 0 N–H and O–H groups in total. The van der Waals surface area contributed by atoms with E-state index in [1.54, 1.807) is 0 Å². The third kappa shape index (κ3) is 3.46. The molecule has 1 heteroatoms. The molecule has 2 aromatic carbocycles. The van der Waals surface area contributed by atoms with E-state index >= 15 is 0 Å². The normalized spacial score (nSPS) is 28.7. The van der Waals surface area contributed by atoms with Gasteiger partial charge in [-0.2, -0.15) is 0 Å². The third-order valence-corrected chi connectivity index (χ3v) is 7.02. The van der Waals surface area contributed by atoms with E-state index in [9.17, 15) is 4.39 Å². The van der Waals surface area contributed by atoms with Gasteiger partial charge in [0.1, 0.15) is 5.82 Å². The molecular weight excluding hydrogens is 319 g/mol. The van der Waals surface area contributed by atoms with Crippen molar-refractivity contribution >= 4 is 10.8 Å². The van der Waals surface area contributed by atoms with Crippen LogP contribution in [0, 0.1) is 23.6 Å². The Morgan fingerprint density at radius 2 is 1.85 bits per heavy atom. The van der Waals surface area contributed by atoms with Crippen molar-refractivity contribution in [2.24, 2.45) is 17.8 Å². The van der Waals surface area contributed by atoms with Gasteiger partial charge in [0.25, 0.3) is 0 Å². The van der Waals surface area contributed by atoms with Crippen LogP contribution in [0.4, 0.5) is 4.39 Å². The Hall–Kier alpha value is -1.63. The first kappa shape index (κ1) is 17.8. The summed E-state index contributed by atoms with van der Waals surface area (Å²) >= 11 is 0. The number of aryl methyl sites for hydroxylation is 1. The van der Waals surface area contributed by atoms with Crippen LogP contribution in [0.15, 0.2) is 43.0 Å². The molecule has 0 amide bonds. The Bertz CT molecular complexity index is 790. The number of rotatable bonds is 4. The highest BCUT2D eigenvalue weighted by Crippen LogP contribution is 2.47. The maximum absolute atomic E-state index is 14.8. The van der Waals surface area contributed by atoms with E-state index < -0.39 is 0 Å². The van der Waals surface area contributed by atoms with Gasteiger partial charge in [0, 0.05) is 5.39 Å². The molecular formula is C25H31F.